The molecule has 8 heteroatoms. The van der Waals surface area contributed by atoms with Crippen LogP contribution in [0.3, 0.4) is 0 Å². The first kappa shape index (κ1) is 14.6. The van der Waals surface area contributed by atoms with Crippen molar-refractivity contribution in [2.75, 3.05) is 19.6 Å². The number of carbonyl (C=O) groups excluding carboxylic acids is 1. The fourth-order valence-electron chi connectivity index (χ4n) is 3.04. The number of thiophene rings is 1. The minimum Gasteiger partial charge on any atom is -0.368 e. The van der Waals surface area contributed by atoms with E-state index < -0.39 is 0 Å². The molecule has 2 aromatic heterocycles. The Morgan fingerprint density at radius 2 is 2.30 bits per heavy atom. The molecule has 1 N–H and O–H groups in total. The average Bonchev–Trinajstić information content (AvgIpc) is 3.32. The van der Waals surface area contributed by atoms with Crippen LogP contribution in [0, 0.1) is 0 Å². The number of ether oxygens (including phenoxy) is 1. The van der Waals surface area contributed by atoms with Gasteiger partial charge in [0.05, 0.1) is 24.9 Å². The van der Waals surface area contributed by atoms with E-state index in [-0.39, 0.29) is 12.1 Å². The van der Waals surface area contributed by atoms with Gasteiger partial charge in [-0.15, -0.1) is 5.10 Å². The van der Waals surface area contributed by atoms with Crippen LogP contribution in [0.5, 0.6) is 0 Å². The lowest BCUT2D eigenvalue weighted by Crippen LogP contribution is -2.44. The Bertz CT molecular complexity index is 678. The van der Waals surface area contributed by atoms with E-state index in [2.05, 4.69) is 21.0 Å². The van der Waals surface area contributed by atoms with Crippen molar-refractivity contribution in [1.29, 1.82) is 0 Å². The smallest absolute Gasteiger partial charge is 0.317 e. The third-order valence-electron chi connectivity index (χ3n) is 4.34. The van der Waals surface area contributed by atoms with Crippen LogP contribution in [-0.4, -0.2) is 51.7 Å². The lowest BCUT2D eigenvalue weighted by atomic mass is 10.2. The number of nitrogens with one attached hydrogen (secondary N) is 1. The van der Waals surface area contributed by atoms with Gasteiger partial charge in [-0.2, -0.15) is 11.3 Å². The number of amides is 2. The van der Waals surface area contributed by atoms with Crippen molar-refractivity contribution in [2.24, 2.45) is 0 Å². The Hall–Kier alpha value is -1.93. The largest absolute Gasteiger partial charge is 0.368 e. The van der Waals surface area contributed by atoms with Crippen LogP contribution in [0.25, 0.3) is 11.3 Å². The molecule has 0 aliphatic carbocycles. The van der Waals surface area contributed by atoms with Gasteiger partial charge in [-0.25, -0.2) is 9.48 Å². The second-order valence-electron chi connectivity index (χ2n) is 5.89. The molecular weight excluding hydrogens is 314 g/mol. The quantitative estimate of drug-likeness (QED) is 0.928. The predicted molar refractivity (Wildman–Crippen MR) is 86.1 cm³/mol. The van der Waals surface area contributed by atoms with Crippen LogP contribution >= 0.6 is 11.3 Å². The van der Waals surface area contributed by atoms with E-state index in [1.54, 1.807) is 11.3 Å². The minimum atomic E-state index is -0.0638. The van der Waals surface area contributed by atoms with E-state index in [4.69, 9.17) is 4.74 Å². The average molecular weight is 333 g/mol. The first-order valence-electron chi connectivity index (χ1n) is 7.90. The highest BCUT2D eigenvalue weighted by atomic mass is 32.1. The number of hydrogen-bond donors (Lipinski definition) is 1. The Morgan fingerprint density at radius 1 is 1.43 bits per heavy atom. The third-order valence-corrected chi connectivity index (χ3v) is 5.02. The summed E-state index contributed by atoms with van der Waals surface area (Å²) in [4.78, 5) is 13.9. The van der Waals surface area contributed by atoms with Crippen LogP contribution in [0.2, 0.25) is 0 Å². The molecule has 1 saturated heterocycles. The molecule has 0 aromatic carbocycles. The van der Waals surface area contributed by atoms with E-state index in [9.17, 15) is 4.79 Å². The fraction of sp³-hybridized carbons (Fsp3) is 0.533. The second-order valence-corrected chi connectivity index (χ2v) is 6.67. The fourth-order valence-corrected chi connectivity index (χ4v) is 3.69. The van der Waals surface area contributed by atoms with Gasteiger partial charge < -0.3 is 15.0 Å². The van der Waals surface area contributed by atoms with Crippen molar-refractivity contribution in [3.8, 4) is 11.3 Å². The standard InChI is InChI=1S/C15H19N5O2S/c21-15(19-4-1-2-5-19)16-7-12-8-20-13(9-22-12)14(17-18-20)11-3-6-23-10-11/h3,6,10,12H,1-2,4-5,7-9H2,(H,16,21)/t12-/m0/s1. The highest BCUT2D eigenvalue weighted by molar-refractivity contribution is 7.08. The summed E-state index contributed by atoms with van der Waals surface area (Å²) >= 11 is 1.64. The summed E-state index contributed by atoms with van der Waals surface area (Å²) in [6.45, 7) is 3.31. The topological polar surface area (TPSA) is 72.3 Å². The maximum Gasteiger partial charge on any atom is 0.317 e. The zero-order valence-corrected chi connectivity index (χ0v) is 13.6. The van der Waals surface area contributed by atoms with E-state index >= 15 is 0 Å². The van der Waals surface area contributed by atoms with Gasteiger partial charge in [-0.05, 0) is 24.3 Å². The SMILES string of the molecule is O=C(NC[C@H]1Cn2nnc(-c3ccsc3)c2CO1)N1CCCC1. The zero-order chi connectivity index (χ0) is 15.6. The van der Waals surface area contributed by atoms with Crippen molar-refractivity contribution < 1.29 is 9.53 Å². The molecule has 4 heterocycles. The van der Waals surface area contributed by atoms with Gasteiger partial charge in [0.25, 0.3) is 0 Å². The molecule has 7 nitrogen and oxygen atoms in total. The molecule has 0 radical (unpaired) electrons. The summed E-state index contributed by atoms with van der Waals surface area (Å²) < 4.78 is 7.78. The van der Waals surface area contributed by atoms with Gasteiger partial charge in [0.1, 0.15) is 5.69 Å². The summed E-state index contributed by atoms with van der Waals surface area (Å²) in [7, 11) is 0. The van der Waals surface area contributed by atoms with Crippen molar-refractivity contribution in [3.05, 3.63) is 22.5 Å². The zero-order valence-electron chi connectivity index (χ0n) is 12.8. The second kappa shape index (κ2) is 6.29. The van der Waals surface area contributed by atoms with E-state index in [0.717, 1.165) is 42.9 Å². The number of nitrogens with zero attached hydrogens (tertiary/aromatic N) is 4. The lowest BCUT2D eigenvalue weighted by Gasteiger charge is -2.25. The third kappa shape index (κ3) is 2.96. The first-order valence-corrected chi connectivity index (χ1v) is 8.85. The van der Waals surface area contributed by atoms with E-state index in [1.165, 1.54) is 0 Å². The Labute approximate surface area is 138 Å². The highest BCUT2D eigenvalue weighted by Crippen LogP contribution is 2.26. The molecule has 0 spiro atoms. The summed E-state index contributed by atoms with van der Waals surface area (Å²) in [5.74, 6) is 0. The molecule has 2 aromatic rings. The lowest BCUT2D eigenvalue weighted by molar-refractivity contribution is 0.00240. The molecular formula is C15H19N5O2S. The Kier molecular flexibility index (Phi) is 4.00. The predicted octanol–water partition coefficient (Wildman–Crippen LogP) is 1.71. The number of hydrogen-bond acceptors (Lipinski definition) is 5. The maximum atomic E-state index is 12.0. The van der Waals surface area contributed by atoms with Gasteiger partial charge >= 0.3 is 6.03 Å². The molecule has 1 atom stereocenters. The number of urea groups is 1. The molecule has 2 aliphatic rings. The highest BCUT2D eigenvalue weighted by Gasteiger charge is 2.25. The van der Waals surface area contributed by atoms with Crippen LogP contribution in [0.4, 0.5) is 4.79 Å². The molecule has 4 rings (SSSR count). The van der Waals surface area contributed by atoms with E-state index in [1.807, 2.05) is 21.0 Å². The number of likely N-dealkylation sites (tertiary alicyclic amines) is 1. The molecule has 23 heavy (non-hydrogen) atoms. The number of aromatic nitrogens is 3. The number of fused-ring (bicyclic) bond motifs is 1. The normalized spacial score (nSPS) is 20.5. The van der Waals surface area contributed by atoms with Gasteiger partial charge in [-0.3, -0.25) is 0 Å². The van der Waals surface area contributed by atoms with Gasteiger partial charge in [-0.1, -0.05) is 5.21 Å². The summed E-state index contributed by atoms with van der Waals surface area (Å²) in [6.07, 6.45) is 2.13. The first-order chi connectivity index (χ1) is 11.3. The summed E-state index contributed by atoms with van der Waals surface area (Å²) in [6, 6.07) is 2.05. The van der Waals surface area contributed by atoms with Crippen molar-refractivity contribution in [3.63, 3.8) is 0 Å². The van der Waals surface area contributed by atoms with Crippen molar-refractivity contribution in [2.45, 2.75) is 32.1 Å². The molecule has 0 bridgehead atoms. The summed E-state index contributed by atoms with van der Waals surface area (Å²) in [5.41, 5.74) is 2.98. The Balaban J connectivity index is 1.37. The maximum absolute atomic E-state index is 12.0. The van der Waals surface area contributed by atoms with Gasteiger partial charge in [0, 0.05) is 30.6 Å². The van der Waals surface area contributed by atoms with Crippen LogP contribution in [0.1, 0.15) is 18.5 Å². The number of carbonyl (C=O) groups is 1. The van der Waals surface area contributed by atoms with Crippen LogP contribution < -0.4 is 5.32 Å². The van der Waals surface area contributed by atoms with Gasteiger partial charge in [0.2, 0.25) is 0 Å². The van der Waals surface area contributed by atoms with Crippen LogP contribution in [-0.2, 0) is 17.9 Å². The molecule has 0 saturated carbocycles. The van der Waals surface area contributed by atoms with Crippen LogP contribution in [0.15, 0.2) is 16.8 Å². The molecule has 122 valence electrons. The van der Waals surface area contributed by atoms with Gasteiger partial charge in [0.15, 0.2) is 0 Å². The molecule has 2 aliphatic heterocycles. The summed E-state index contributed by atoms with van der Waals surface area (Å²) in [5, 5.41) is 15.6. The monoisotopic (exact) mass is 333 g/mol. The van der Waals surface area contributed by atoms with Crippen molar-refractivity contribution >= 4 is 17.4 Å². The van der Waals surface area contributed by atoms with E-state index in [0.29, 0.717) is 19.7 Å². The Morgan fingerprint density at radius 3 is 3.09 bits per heavy atom. The van der Waals surface area contributed by atoms with Crippen molar-refractivity contribution in [1.82, 2.24) is 25.2 Å². The molecule has 2 amide bonds. The molecule has 1 fully saturated rings. The minimum absolute atomic E-state index is 0.00875. The molecule has 0 unspecified atom stereocenters. The number of rotatable bonds is 3.